The minimum Gasteiger partial charge on any atom is -0.370 e. The predicted octanol–water partition coefficient (Wildman–Crippen LogP) is 2.54. The van der Waals surface area contributed by atoms with E-state index < -0.39 is 0 Å². The van der Waals surface area contributed by atoms with Crippen LogP contribution in [0.2, 0.25) is 0 Å². The number of likely N-dealkylation sites (N-methyl/N-ethyl adjacent to an activating group) is 1. The zero-order valence-corrected chi connectivity index (χ0v) is 13.3. The average Bonchev–Trinajstić information content (AvgIpc) is 2.52. The molecule has 0 aliphatic carbocycles. The minimum atomic E-state index is 0.149. The lowest BCUT2D eigenvalue weighted by Crippen LogP contribution is -2.40. The van der Waals surface area contributed by atoms with Crippen molar-refractivity contribution in [3.05, 3.63) is 30.3 Å². The summed E-state index contributed by atoms with van der Waals surface area (Å²) in [6.07, 6.45) is 4.84. The summed E-state index contributed by atoms with van der Waals surface area (Å²) in [7, 11) is 2.05. The largest absolute Gasteiger partial charge is 0.370 e. The maximum absolute atomic E-state index is 11.8. The summed E-state index contributed by atoms with van der Waals surface area (Å²) in [5.74, 6) is 0.149. The first-order valence-electron chi connectivity index (χ1n) is 7.89. The topological polar surface area (TPSA) is 58.4 Å². The van der Waals surface area contributed by atoms with E-state index in [1.807, 2.05) is 18.2 Å². The zero-order chi connectivity index (χ0) is 15.5. The Morgan fingerprint density at radius 2 is 1.86 bits per heavy atom. The fourth-order valence-electron chi connectivity index (χ4n) is 2.19. The molecule has 0 aliphatic heterocycles. The third kappa shape index (κ3) is 7.14. The van der Waals surface area contributed by atoms with E-state index >= 15 is 0 Å². The maximum atomic E-state index is 11.8. The smallest absolute Gasteiger partial charge is 0.220 e. The number of hydrogen-bond donors (Lipinski definition) is 2. The highest BCUT2D eigenvalue weighted by molar-refractivity contribution is 5.75. The summed E-state index contributed by atoms with van der Waals surface area (Å²) in [6.45, 7) is 3.54. The number of carbonyl (C=O) groups excluding carboxylic acids is 1. The first kappa shape index (κ1) is 17.5. The van der Waals surface area contributed by atoms with Crippen molar-refractivity contribution in [2.75, 3.05) is 25.0 Å². The number of unbranched alkanes of at least 4 members (excludes halogenated alkanes) is 3. The molecule has 1 amide bonds. The highest BCUT2D eigenvalue weighted by Gasteiger charge is 2.10. The van der Waals surface area contributed by atoms with Crippen molar-refractivity contribution in [1.29, 1.82) is 0 Å². The van der Waals surface area contributed by atoms with Gasteiger partial charge in [-0.1, -0.05) is 31.0 Å². The number of hydrogen-bond acceptors (Lipinski definition) is 3. The van der Waals surface area contributed by atoms with Crippen LogP contribution in [0.15, 0.2) is 30.3 Å². The van der Waals surface area contributed by atoms with Crippen LogP contribution in [-0.2, 0) is 4.79 Å². The molecule has 0 bridgehead atoms. The Morgan fingerprint density at radius 1 is 1.19 bits per heavy atom. The number of para-hydroxylation sites is 1. The summed E-state index contributed by atoms with van der Waals surface area (Å²) in [6, 6.07) is 10.5. The van der Waals surface area contributed by atoms with Crippen molar-refractivity contribution < 1.29 is 4.79 Å². The van der Waals surface area contributed by atoms with Gasteiger partial charge >= 0.3 is 0 Å². The van der Waals surface area contributed by atoms with Crippen LogP contribution < -0.4 is 16.0 Å². The van der Waals surface area contributed by atoms with Gasteiger partial charge in [-0.05, 0) is 38.4 Å². The number of amides is 1. The molecule has 118 valence electrons. The van der Waals surface area contributed by atoms with E-state index in [0.29, 0.717) is 13.0 Å². The van der Waals surface area contributed by atoms with Crippen molar-refractivity contribution in [2.45, 2.75) is 45.1 Å². The van der Waals surface area contributed by atoms with Crippen molar-refractivity contribution in [3.8, 4) is 0 Å². The molecule has 1 unspecified atom stereocenters. The molecule has 1 rings (SSSR count). The lowest BCUT2D eigenvalue weighted by atomic mass is 10.1. The van der Waals surface area contributed by atoms with Crippen LogP contribution in [0.1, 0.15) is 39.0 Å². The Balaban J connectivity index is 2.20. The third-order valence-corrected chi connectivity index (χ3v) is 3.78. The van der Waals surface area contributed by atoms with E-state index in [1.165, 1.54) is 5.69 Å². The lowest BCUT2D eigenvalue weighted by molar-refractivity contribution is -0.121. The van der Waals surface area contributed by atoms with Gasteiger partial charge in [-0.15, -0.1) is 0 Å². The Labute approximate surface area is 128 Å². The second-order valence-electron chi connectivity index (χ2n) is 5.55. The molecule has 21 heavy (non-hydrogen) atoms. The Bertz CT molecular complexity index is 394. The highest BCUT2D eigenvalue weighted by atomic mass is 16.1. The number of rotatable bonds is 10. The quantitative estimate of drug-likeness (QED) is 0.651. The second kappa shape index (κ2) is 10.2. The molecule has 0 radical (unpaired) electrons. The van der Waals surface area contributed by atoms with Crippen LogP contribution in [0.4, 0.5) is 5.69 Å². The third-order valence-electron chi connectivity index (χ3n) is 3.78. The van der Waals surface area contributed by atoms with Crippen molar-refractivity contribution in [2.24, 2.45) is 5.73 Å². The molecule has 1 aromatic carbocycles. The Kier molecular flexibility index (Phi) is 8.51. The molecular weight excluding hydrogens is 262 g/mol. The number of nitrogens with one attached hydrogen (secondary N) is 1. The molecule has 0 saturated carbocycles. The number of anilines is 1. The number of nitrogens with two attached hydrogens (primary N) is 1. The van der Waals surface area contributed by atoms with Crippen molar-refractivity contribution in [1.82, 2.24) is 5.32 Å². The highest BCUT2D eigenvalue weighted by Crippen LogP contribution is 2.13. The fourth-order valence-corrected chi connectivity index (χ4v) is 2.19. The summed E-state index contributed by atoms with van der Waals surface area (Å²) < 4.78 is 0. The van der Waals surface area contributed by atoms with E-state index in [2.05, 4.69) is 36.3 Å². The molecule has 1 aromatic rings. The molecule has 1 atom stereocenters. The van der Waals surface area contributed by atoms with E-state index in [0.717, 1.165) is 32.2 Å². The van der Waals surface area contributed by atoms with Crippen molar-refractivity contribution in [3.63, 3.8) is 0 Å². The second-order valence-corrected chi connectivity index (χ2v) is 5.55. The minimum absolute atomic E-state index is 0.149. The van der Waals surface area contributed by atoms with Gasteiger partial charge in [0.05, 0.1) is 0 Å². The number of nitrogens with zero attached hydrogens (tertiary/aromatic N) is 1. The standard InChI is InChI=1S/C17H29N3O/c1-15(20(2)16-10-6-5-7-11-16)14-19-17(21)12-8-3-4-9-13-18/h5-7,10-11,15H,3-4,8-9,12-14,18H2,1-2H3,(H,19,21). The van der Waals surface area contributed by atoms with Gasteiger partial charge in [0, 0.05) is 31.7 Å². The lowest BCUT2D eigenvalue weighted by Gasteiger charge is -2.27. The fraction of sp³-hybridized carbons (Fsp3) is 0.588. The van der Waals surface area contributed by atoms with Crippen LogP contribution in [-0.4, -0.2) is 32.1 Å². The Morgan fingerprint density at radius 3 is 2.52 bits per heavy atom. The van der Waals surface area contributed by atoms with Gasteiger partial charge in [0.1, 0.15) is 0 Å². The summed E-state index contributed by atoms with van der Waals surface area (Å²) in [5, 5.41) is 3.02. The molecule has 0 aromatic heterocycles. The molecule has 4 nitrogen and oxygen atoms in total. The van der Waals surface area contributed by atoms with Crippen molar-refractivity contribution >= 4 is 11.6 Å². The molecule has 3 N–H and O–H groups in total. The van der Waals surface area contributed by atoms with E-state index in [4.69, 9.17) is 5.73 Å². The molecular formula is C17H29N3O. The zero-order valence-electron chi connectivity index (χ0n) is 13.3. The van der Waals surface area contributed by atoms with Gasteiger partial charge in [0.25, 0.3) is 0 Å². The van der Waals surface area contributed by atoms with Gasteiger partial charge in [0.15, 0.2) is 0 Å². The molecule has 0 heterocycles. The van der Waals surface area contributed by atoms with E-state index in [-0.39, 0.29) is 11.9 Å². The molecule has 0 aliphatic rings. The van der Waals surface area contributed by atoms with Gasteiger partial charge in [0.2, 0.25) is 5.91 Å². The Hall–Kier alpha value is -1.55. The summed E-state index contributed by atoms with van der Waals surface area (Å²) in [4.78, 5) is 14.0. The van der Waals surface area contributed by atoms with E-state index in [1.54, 1.807) is 0 Å². The molecule has 0 spiro atoms. The van der Waals surface area contributed by atoms with Crippen LogP contribution in [0.25, 0.3) is 0 Å². The molecule has 0 fully saturated rings. The SMILES string of the molecule is CC(CNC(=O)CCCCCCN)N(C)c1ccccc1. The van der Waals surface area contributed by atoms with Gasteiger partial charge in [-0.2, -0.15) is 0 Å². The monoisotopic (exact) mass is 291 g/mol. The normalized spacial score (nSPS) is 12.0. The van der Waals surface area contributed by atoms with Gasteiger partial charge in [-0.25, -0.2) is 0 Å². The van der Waals surface area contributed by atoms with Crippen LogP contribution in [0.5, 0.6) is 0 Å². The van der Waals surface area contributed by atoms with Crippen LogP contribution >= 0.6 is 0 Å². The predicted molar refractivity (Wildman–Crippen MR) is 89.5 cm³/mol. The molecule has 0 saturated heterocycles. The number of benzene rings is 1. The first-order chi connectivity index (χ1) is 10.1. The molecule has 4 heteroatoms. The average molecular weight is 291 g/mol. The summed E-state index contributed by atoms with van der Waals surface area (Å²) in [5.41, 5.74) is 6.61. The maximum Gasteiger partial charge on any atom is 0.220 e. The van der Waals surface area contributed by atoms with Gasteiger partial charge in [-0.3, -0.25) is 4.79 Å². The number of carbonyl (C=O) groups is 1. The van der Waals surface area contributed by atoms with Gasteiger partial charge < -0.3 is 16.0 Å². The van der Waals surface area contributed by atoms with Crippen LogP contribution in [0.3, 0.4) is 0 Å². The first-order valence-corrected chi connectivity index (χ1v) is 7.89. The van der Waals surface area contributed by atoms with E-state index in [9.17, 15) is 4.79 Å². The summed E-state index contributed by atoms with van der Waals surface area (Å²) >= 11 is 0. The van der Waals surface area contributed by atoms with Crippen LogP contribution in [0, 0.1) is 0 Å².